The second kappa shape index (κ2) is 7.81. The Morgan fingerprint density at radius 2 is 1.65 bits per heavy atom. The summed E-state index contributed by atoms with van der Waals surface area (Å²) in [5.41, 5.74) is 1.08. The van der Waals surface area contributed by atoms with Gasteiger partial charge in [0.1, 0.15) is 5.82 Å². The van der Waals surface area contributed by atoms with Gasteiger partial charge in [0, 0.05) is 23.5 Å². The first-order valence-corrected chi connectivity index (χ1v) is 8.05. The molecule has 0 spiro atoms. The standard InChI is InChI=1S/C18H17F2N3O3/c19-11-1-8-16(15(20)9-11)26-10-17(24)21-12-2-4-13(5-3-12)22-18(25)23-14-6-7-14/h1-5,8-9,14H,6-7,10H2,(H,21,24)(H2,22,23,25). The van der Waals surface area contributed by atoms with Gasteiger partial charge in [-0.15, -0.1) is 0 Å². The lowest BCUT2D eigenvalue weighted by atomic mass is 10.3. The molecule has 0 aromatic heterocycles. The Labute approximate surface area is 148 Å². The quantitative estimate of drug-likeness (QED) is 0.739. The Balaban J connectivity index is 1.46. The van der Waals surface area contributed by atoms with E-state index in [1.165, 1.54) is 0 Å². The summed E-state index contributed by atoms with van der Waals surface area (Å²) in [4.78, 5) is 23.5. The van der Waals surface area contributed by atoms with E-state index in [-0.39, 0.29) is 17.8 Å². The third kappa shape index (κ3) is 5.17. The topological polar surface area (TPSA) is 79.5 Å². The van der Waals surface area contributed by atoms with Crippen molar-refractivity contribution in [3.63, 3.8) is 0 Å². The summed E-state index contributed by atoms with van der Waals surface area (Å²) in [5.74, 6) is -2.31. The lowest BCUT2D eigenvalue weighted by molar-refractivity contribution is -0.118. The molecule has 26 heavy (non-hydrogen) atoms. The van der Waals surface area contributed by atoms with Crippen molar-refractivity contribution >= 4 is 23.3 Å². The minimum atomic E-state index is -0.877. The lowest BCUT2D eigenvalue weighted by Gasteiger charge is -2.10. The number of carbonyl (C=O) groups is 2. The highest BCUT2D eigenvalue weighted by atomic mass is 19.1. The van der Waals surface area contributed by atoms with E-state index in [9.17, 15) is 18.4 Å². The Hall–Kier alpha value is -3.16. The summed E-state index contributed by atoms with van der Waals surface area (Å²) in [6.45, 7) is -0.424. The van der Waals surface area contributed by atoms with Crippen molar-refractivity contribution in [2.45, 2.75) is 18.9 Å². The Morgan fingerprint density at radius 3 is 2.27 bits per heavy atom. The van der Waals surface area contributed by atoms with Crippen LogP contribution in [0.4, 0.5) is 25.0 Å². The van der Waals surface area contributed by atoms with Crippen LogP contribution >= 0.6 is 0 Å². The van der Waals surface area contributed by atoms with Crippen LogP contribution in [0.25, 0.3) is 0 Å². The minimum Gasteiger partial charge on any atom is -0.481 e. The minimum absolute atomic E-state index is 0.206. The van der Waals surface area contributed by atoms with Crippen molar-refractivity contribution in [1.29, 1.82) is 0 Å². The van der Waals surface area contributed by atoms with Gasteiger partial charge in [-0.2, -0.15) is 0 Å². The molecule has 0 saturated heterocycles. The highest BCUT2D eigenvalue weighted by Gasteiger charge is 2.23. The average molecular weight is 361 g/mol. The van der Waals surface area contributed by atoms with E-state index >= 15 is 0 Å². The predicted molar refractivity (Wildman–Crippen MR) is 92.1 cm³/mol. The van der Waals surface area contributed by atoms with Crippen LogP contribution in [0.2, 0.25) is 0 Å². The number of anilines is 2. The van der Waals surface area contributed by atoms with E-state index in [0.29, 0.717) is 17.4 Å². The number of hydrogen-bond acceptors (Lipinski definition) is 3. The molecule has 0 bridgehead atoms. The molecule has 1 fully saturated rings. The first-order chi connectivity index (χ1) is 12.5. The Kier molecular flexibility index (Phi) is 5.31. The van der Waals surface area contributed by atoms with Crippen LogP contribution in [0.1, 0.15) is 12.8 Å². The third-order valence-corrected chi connectivity index (χ3v) is 3.59. The first-order valence-electron chi connectivity index (χ1n) is 8.05. The molecule has 1 saturated carbocycles. The molecule has 2 aromatic rings. The fourth-order valence-electron chi connectivity index (χ4n) is 2.15. The van der Waals surface area contributed by atoms with Crippen LogP contribution in [-0.4, -0.2) is 24.6 Å². The normalized spacial score (nSPS) is 13.0. The van der Waals surface area contributed by atoms with E-state index in [1.807, 2.05) is 0 Å². The van der Waals surface area contributed by atoms with Crippen molar-refractivity contribution in [3.8, 4) is 5.75 Å². The zero-order valence-corrected chi connectivity index (χ0v) is 13.7. The van der Waals surface area contributed by atoms with Gasteiger partial charge >= 0.3 is 6.03 Å². The molecule has 0 heterocycles. The molecule has 3 N–H and O–H groups in total. The van der Waals surface area contributed by atoms with Crippen molar-refractivity contribution in [2.75, 3.05) is 17.2 Å². The van der Waals surface area contributed by atoms with E-state index in [0.717, 1.165) is 25.0 Å². The van der Waals surface area contributed by atoms with Crippen molar-refractivity contribution < 1.29 is 23.1 Å². The van der Waals surface area contributed by atoms with Crippen molar-refractivity contribution in [1.82, 2.24) is 5.32 Å². The smallest absolute Gasteiger partial charge is 0.319 e. The van der Waals surface area contributed by atoms with Gasteiger partial charge in [-0.1, -0.05) is 0 Å². The summed E-state index contributed by atoms with van der Waals surface area (Å²) < 4.78 is 31.3. The number of urea groups is 1. The second-order valence-electron chi connectivity index (χ2n) is 5.86. The molecule has 136 valence electrons. The first kappa shape index (κ1) is 17.7. The SMILES string of the molecule is O=C(COc1ccc(F)cc1F)Nc1ccc(NC(=O)NC2CC2)cc1. The number of rotatable bonds is 6. The number of amides is 3. The number of ether oxygens (including phenoxy) is 1. The van der Waals surface area contributed by atoms with Crippen LogP contribution in [0.15, 0.2) is 42.5 Å². The summed E-state index contributed by atoms with van der Waals surface area (Å²) in [6, 6.07) is 9.35. The van der Waals surface area contributed by atoms with E-state index in [2.05, 4.69) is 16.0 Å². The second-order valence-corrected chi connectivity index (χ2v) is 5.86. The predicted octanol–water partition coefficient (Wildman–Crippen LogP) is 3.27. The van der Waals surface area contributed by atoms with E-state index in [1.54, 1.807) is 24.3 Å². The zero-order chi connectivity index (χ0) is 18.5. The summed E-state index contributed by atoms with van der Waals surface area (Å²) in [7, 11) is 0. The van der Waals surface area contributed by atoms with Crippen LogP contribution in [0, 0.1) is 11.6 Å². The summed E-state index contributed by atoms with van der Waals surface area (Å²) >= 11 is 0. The Bertz CT molecular complexity index is 808. The van der Waals surface area contributed by atoms with Crippen molar-refractivity contribution in [3.05, 3.63) is 54.1 Å². The zero-order valence-electron chi connectivity index (χ0n) is 13.7. The Morgan fingerprint density at radius 1 is 1.00 bits per heavy atom. The fourth-order valence-corrected chi connectivity index (χ4v) is 2.15. The fraction of sp³-hybridized carbons (Fsp3) is 0.222. The van der Waals surface area contributed by atoms with Gasteiger partial charge in [-0.3, -0.25) is 4.79 Å². The molecule has 3 amide bonds. The largest absolute Gasteiger partial charge is 0.481 e. The summed E-state index contributed by atoms with van der Waals surface area (Å²) in [5, 5.41) is 8.07. The molecule has 0 radical (unpaired) electrons. The molecule has 1 aliphatic rings. The van der Waals surface area contributed by atoms with Gasteiger partial charge in [0.25, 0.3) is 5.91 Å². The van der Waals surface area contributed by atoms with Gasteiger partial charge in [-0.25, -0.2) is 13.6 Å². The molecular formula is C18H17F2N3O3. The van der Waals surface area contributed by atoms with Gasteiger partial charge in [0.05, 0.1) is 0 Å². The number of benzene rings is 2. The lowest BCUT2D eigenvalue weighted by Crippen LogP contribution is -2.30. The maximum absolute atomic E-state index is 13.4. The van der Waals surface area contributed by atoms with Crippen LogP contribution in [0.3, 0.4) is 0 Å². The van der Waals surface area contributed by atoms with Gasteiger partial charge in [-0.05, 0) is 49.2 Å². The van der Waals surface area contributed by atoms with Crippen LogP contribution < -0.4 is 20.7 Å². The van der Waals surface area contributed by atoms with Gasteiger partial charge in [0.15, 0.2) is 18.2 Å². The highest BCUT2D eigenvalue weighted by Crippen LogP contribution is 2.20. The summed E-state index contributed by atoms with van der Waals surface area (Å²) in [6.07, 6.45) is 2.00. The monoisotopic (exact) mass is 361 g/mol. The van der Waals surface area contributed by atoms with Crippen LogP contribution in [0.5, 0.6) is 5.75 Å². The van der Waals surface area contributed by atoms with Crippen LogP contribution in [-0.2, 0) is 4.79 Å². The highest BCUT2D eigenvalue weighted by molar-refractivity contribution is 5.93. The molecule has 0 atom stereocenters. The molecule has 6 nitrogen and oxygen atoms in total. The van der Waals surface area contributed by atoms with Gasteiger partial charge in [0.2, 0.25) is 0 Å². The number of halogens is 2. The number of hydrogen-bond donors (Lipinski definition) is 3. The average Bonchev–Trinajstić information content (AvgIpc) is 3.39. The number of carbonyl (C=O) groups excluding carboxylic acids is 2. The van der Waals surface area contributed by atoms with Gasteiger partial charge < -0.3 is 20.7 Å². The van der Waals surface area contributed by atoms with Crippen molar-refractivity contribution in [2.24, 2.45) is 0 Å². The molecule has 8 heteroatoms. The molecule has 0 aliphatic heterocycles. The molecule has 2 aromatic carbocycles. The third-order valence-electron chi connectivity index (χ3n) is 3.59. The molecular weight excluding hydrogens is 344 g/mol. The van der Waals surface area contributed by atoms with E-state index in [4.69, 9.17) is 4.74 Å². The maximum Gasteiger partial charge on any atom is 0.319 e. The molecule has 1 aliphatic carbocycles. The van der Waals surface area contributed by atoms with E-state index < -0.39 is 24.1 Å². The maximum atomic E-state index is 13.4. The molecule has 3 rings (SSSR count). The number of nitrogens with one attached hydrogen (secondary N) is 3. The molecule has 0 unspecified atom stereocenters.